The van der Waals surface area contributed by atoms with Crippen LogP contribution in [-0.4, -0.2) is 30.6 Å². The molecule has 1 rings (SSSR count). The van der Waals surface area contributed by atoms with Crippen LogP contribution in [0.1, 0.15) is 90.9 Å². The normalized spacial score (nSPS) is 19.1. The van der Waals surface area contributed by atoms with Gasteiger partial charge in [0.1, 0.15) is 0 Å². The third-order valence-corrected chi connectivity index (χ3v) is 6.26. The van der Waals surface area contributed by atoms with Crippen molar-refractivity contribution in [1.29, 1.82) is 0 Å². The average Bonchev–Trinajstić information content (AvgIpc) is 2.91. The zero-order chi connectivity index (χ0) is 27.7. The van der Waals surface area contributed by atoms with Crippen LogP contribution < -0.4 is 10.6 Å². The molecule has 0 saturated heterocycles. The number of nitrogens with one attached hydrogen (secondary N) is 2. The summed E-state index contributed by atoms with van der Waals surface area (Å²) in [6.45, 7) is 7.31. The predicted molar refractivity (Wildman–Crippen MR) is 163 cm³/mol. The maximum absolute atomic E-state index is 12.3. The van der Waals surface area contributed by atoms with E-state index in [0.29, 0.717) is 12.0 Å². The van der Waals surface area contributed by atoms with Crippen molar-refractivity contribution in [2.45, 2.75) is 103 Å². The van der Waals surface area contributed by atoms with Crippen molar-refractivity contribution in [3.8, 4) is 0 Å². The number of nitrogens with zero attached hydrogens (tertiary/aromatic N) is 1. The maximum Gasteiger partial charge on any atom is 0.247 e. The van der Waals surface area contributed by atoms with Crippen LogP contribution in [0.4, 0.5) is 0 Å². The van der Waals surface area contributed by atoms with Crippen LogP contribution in [0.3, 0.4) is 0 Å². The number of unbranched alkanes of at least 4 members (excludes halogenated alkanes) is 1. The molecule has 2 amide bonds. The Balaban J connectivity index is 2.07. The van der Waals surface area contributed by atoms with E-state index in [9.17, 15) is 9.59 Å². The van der Waals surface area contributed by atoms with Gasteiger partial charge in [0.15, 0.2) is 0 Å². The summed E-state index contributed by atoms with van der Waals surface area (Å²) in [5, 5.41) is 6.25. The lowest BCUT2D eigenvalue weighted by atomic mass is 9.91. The lowest BCUT2D eigenvalue weighted by Gasteiger charge is -2.29. The van der Waals surface area contributed by atoms with Crippen LogP contribution >= 0.6 is 0 Å². The van der Waals surface area contributed by atoms with Gasteiger partial charge in [0.05, 0.1) is 0 Å². The van der Waals surface area contributed by atoms with E-state index in [1.165, 1.54) is 0 Å². The highest BCUT2D eigenvalue weighted by molar-refractivity contribution is 5.93. The molecule has 0 unspecified atom stereocenters. The third kappa shape index (κ3) is 18.1. The number of aliphatic imine (C=N–C) groups is 1. The lowest BCUT2D eigenvalue weighted by Crippen LogP contribution is -2.43. The number of rotatable bonds is 18. The van der Waals surface area contributed by atoms with Crippen LogP contribution in [0.2, 0.25) is 0 Å². The monoisotopic (exact) mass is 519 g/mol. The average molecular weight is 520 g/mol. The van der Waals surface area contributed by atoms with Gasteiger partial charge in [-0.15, -0.1) is 0 Å². The van der Waals surface area contributed by atoms with E-state index in [0.717, 1.165) is 70.6 Å². The van der Waals surface area contributed by atoms with Crippen LogP contribution in [0.25, 0.3) is 0 Å². The molecular formula is C33H49N3O2. The summed E-state index contributed by atoms with van der Waals surface area (Å²) >= 11 is 0. The number of carbonyl (C=O) groups excluding carboxylic acids is 2. The minimum Gasteiger partial charge on any atom is -0.353 e. The van der Waals surface area contributed by atoms with Gasteiger partial charge in [-0.2, -0.15) is 0 Å². The van der Waals surface area contributed by atoms with Crippen LogP contribution in [0, 0.1) is 0 Å². The summed E-state index contributed by atoms with van der Waals surface area (Å²) in [4.78, 5) is 28.2. The molecule has 1 fully saturated rings. The molecule has 0 aromatic rings. The first-order valence-electron chi connectivity index (χ1n) is 14.2. The molecule has 0 aromatic carbocycles. The Morgan fingerprint density at radius 1 is 0.789 bits per heavy atom. The zero-order valence-corrected chi connectivity index (χ0v) is 23.6. The van der Waals surface area contributed by atoms with Crippen molar-refractivity contribution in [1.82, 2.24) is 10.6 Å². The quantitative estimate of drug-likeness (QED) is 0.0643. The van der Waals surface area contributed by atoms with Gasteiger partial charge in [-0.3, -0.25) is 14.6 Å². The van der Waals surface area contributed by atoms with Crippen molar-refractivity contribution in [2.75, 3.05) is 0 Å². The van der Waals surface area contributed by atoms with Gasteiger partial charge >= 0.3 is 0 Å². The predicted octanol–water partition coefficient (Wildman–Crippen LogP) is 7.61. The summed E-state index contributed by atoms with van der Waals surface area (Å²) in [7, 11) is 0. The number of carbonyl (C=O) groups is 2. The molecule has 0 spiro atoms. The van der Waals surface area contributed by atoms with E-state index in [1.807, 2.05) is 0 Å². The Hall–Kier alpha value is -3.21. The van der Waals surface area contributed by atoms with Crippen molar-refractivity contribution in [3.05, 3.63) is 84.7 Å². The van der Waals surface area contributed by atoms with Gasteiger partial charge in [-0.1, -0.05) is 73.8 Å². The molecule has 0 aromatic heterocycles. The molecule has 0 bridgehead atoms. The third-order valence-electron chi connectivity index (χ3n) is 6.26. The maximum atomic E-state index is 12.3. The Morgan fingerprint density at radius 2 is 1.29 bits per heavy atom. The molecule has 0 aliphatic heterocycles. The van der Waals surface area contributed by atoms with Crippen molar-refractivity contribution in [3.63, 3.8) is 0 Å². The summed E-state index contributed by atoms with van der Waals surface area (Å²) in [5.41, 5.74) is 0.646. The van der Waals surface area contributed by atoms with E-state index in [4.69, 9.17) is 0 Å². The number of hydrogen-bond donors (Lipinski definition) is 2. The van der Waals surface area contributed by atoms with Crippen LogP contribution in [-0.2, 0) is 9.59 Å². The first kappa shape index (κ1) is 32.8. The highest BCUT2D eigenvalue weighted by Crippen LogP contribution is 2.19. The van der Waals surface area contributed by atoms with E-state index in [1.54, 1.807) is 25.3 Å². The van der Waals surface area contributed by atoms with E-state index in [2.05, 4.69) is 90.0 Å². The Morgan fingerprint density at radius 3 is 1.82 bits per heavy atom. The molecule has 2 N–H and O–H groups in total. The smallest absolute Gasteiger partial charge is 0.247 e. The SMILES string of the molecule is C=N/C=C\C=C(/C)C(=O)N[C@H]1CC[C@H](NC(=O)CCC/C=C\C/C=C\C/C=C\C/C=C\C/C=C\CC)CC1. The Labute approximate surface area is 231 Å². The first-order chi connectivity index (χ1) is 18.6. The highest BCUT2D eigenvalue weighted by Gasteiger charge is 2.23. The van der Waals surface area contributed by atoms with Gasteiger partial charge in [-0.05, 0) is 90.3 Å². The molecule has 5 heteroatoms. The molecule has 1 aliphatic rings. The van der Waals surface area contributed by atoms with Gasteiger partial charge in [-0.25, -0.2) is 0 Å². The molecule has 1 aliphatic carbocycles. The highest BCUT2D eigenvalue weighted by atomic mass is 16.2. The summed E-state index contributed by atoms with van der Waals surface area (Å²) < 4.78 is 0. The Kier molecular flexibility index (Phi) is 19.8. The van der Waals surface area contributed by atoms with Gasteiger partial charge < -0.3 is 10.6 Å². The molecule has 5 nitrogen and oxygen atoms in total. The second-order valence-electron chi connectivity index (χ2n) is 9.56. The van der Waals surface area contributed by atoms with Gasteiger partial charge in [0, 0.05) is 30.3 Å². The fraction of sp³-hybridized carbons (Fsp3) is 0.485. The minimum absolute atomic E-state index is 0.0544. The number of hydrogen-bond acceptors (Lipinski definition) is 3. The van der Waals surface area contributed by atoms with Crippen LogP contribution in [0.15, 0.2) is 89.7 Å². The van der Waals surface area contributed by atoms with Gasteiger partial charge in [0.2, 0.25) is 11.8 Å². The second-order valence-corrected chi connectivity index (χ2v) is 9.56. The molecule has 0 radical (unpaired) electrons. The summed E-state index contributed by atoms with van der Waals surface area (Å²) in [6.07, 6.45) is 37.8. The van der Waals surface area contributed by atoms with E-state index >= 15 is 0 Å². The molecule has 208 valence electrons. The van der Waals surface area contributed by atoms with Crippen LogP contribution in [0.5, 0.6) is 0 Å². The molecule has 1 saturated carbocycles. The standard InChI is InChI=1S/C33H49N3O2/c1-4-5-6-7-8-9-10-11-12-13-14-15-16-17-18-19-20-23-32(37)35-30-24-26-31(27-25-30)36-33(38)29(2)22-21-28-34-3/h5-6,8-9,11-12,14-15,17-18,21-22,28,30-31H,3-4,7,10,13,16,19-20,23-27H2,1-2H3,(H,35,37)(H,36,38)/b6-5-,9-8-,12-11-,15-14-,18-17-,28-21-,29-22+/t30-,31-. The fourth-order valence-electron chi connectivity index (χ4n) is 4.05. The topological polar surface area (TPSA) is 70.6 Å². The summed E-state index contributed by atoms with van der Waals surface area (Å²) in [5.74, 6) is 0.0764. The molecule has 0 atom stereocenters. The number of allylic oxidation sites excluding steroid dienone is 12. The second kappa shape index (κ2) is 22.9. The van der Waals surface area contributed by atoms with E-state index in [-0.39, 0.29) is 23.9 Å². The van der Waals surface area contributed by atoms with Crippen molar-refractivity contribution in [2.24, 2.45) is 4.99 Å². The fourth-order valence-corrected chi connectivity index (χ4v) is 4.05. The molecular weight excluding hydrogens is 470 g/mol. The largest absolute Gasteiger partial charge is 0.353 e. The van der Waals surface area contributed by atoms with Gasteiger partial charge in [0.25, 0.3) is 0 Å². The zero-order valence-electron chi connectivity index (χ0n) is 23.6. The number of amides is 2. The lowest BCUT2D eigenvalue weighted by molar-refractivity contribution is -0.122. The molecule has 0 heterocycles. The summed E-state index contributed by atoms with van der Waals surface area (Å²) in [6, 6.07) is 0.374. The minimum atomic E-state index is -0.0544. The first-order valence-corrected chi connectivity index (χ1v) is 14.2. The van der Waals surface area contributed by atoms with E-state index < -0.39 is 0 Å². The Bertz CT molecular complexity index is 882. The van der Waals surface area contributed by atoms with Crippen molar-refractivity contribution >= 4 is 18.5 Å². The van der Waals surface area contributed by atoms with Crippen molar-refractivity contribution < 1.29 is 9.59 Å². The molecule has 38 heavy (non-hydrogen) atoms.